The Labute approximate surface area is 121 Å². The molecule has 0 fully saturated rings. The molecule has 0 spiro atoms. The highest BCUT2D eigenvalue weighted by Crippen LogP contribution is 2.34. The topological polar surface area (TPSA) is 86.7 Å². The molecule has 1 rings (SSSR count). The Morgan fingerprint density at radius 2 is 1.15 bits per heavy atom. The molecular weight excluding hydrogens is 304 g/mol. The lowest BCUT2D eigenvalue weighted by Gasteiger charge is -2.32. The number of hydrogen-bond donors (Lipinski definition) is 0. The van der Waals surface area contributed by atoms with Crippen LogP contribution in [0.4, 0.5) is 0 Å². The van der Waals surface area contributed by atoms with Crippen molar-refractivity contribution in [2.45, 2.75) is 26.7 Å². The normalized spacial score (nSPS) is 25.0. The molecule has 20 heavy (non-hydrogen) atoms. The third-order valence-electron chi connectivity index (χ3n) is 3.52. The highest BCUT2D eigenvalue weighted by Gasteiger charge is 2.29. The van der Waals surface area contributed by atoms with Gasteiger partial charge in [0, 0.05) is 0 Å². The van der Waals surface area contributed by atoms with Crippen LogP contribution in [0.15, 0.2) is 11.1 Å². The van der Waals surface area contributed by atoms with Crippen molar-refractivity contribution in [1.29, 1.82) is 0 Å². The van der Waals surface area contributed by atoms with Crippen molar-refractivity contribution >= 4 is 20.2 Å². The van der Waals surface area contributed by atoms with E-state index in [2.05, 4.69) is 0 Å². The summed E-state index contributed by atoms with van der Waals surface area (Å²) in [4.78, 5) is 0. The van der Waals surface area contributed by atoms with E-state index in [-0.39, 0.29) is 25.0 Å². The molecule has 0 radical (unpaired) electrons. The van der Waals surface area contributed by atoms with Crippen LogP contribution in [0.2, 0.25) is 0 Å². The Kier molecular flexibility index (Phi) is 5.77. The van der Waals surface area contributed by atoms with E-state index in [9.17, 15) is 16.8 Å². The van der Waals surface area contributed by atoms with Crippen molar-refractivity contribution < 1.29 is 25.2 Å². The lowest BCUT2D eigenvalue weighted by Crippen LogP contribution is -2.30. The Balaban J connectivity index is 2.76. The molecule has 0 aromatic rings. The van der Waals surface area contributed by atoms with Gasteiger partial charge in [-0.3, -0.25) is 8.37 Å². The molecule has 2 atom stereocenters. The van der Waals surface area contributed by atoms with Crippen LogP contribution in [-0.4, -0.2) is 42.6 Å². The summed E-state index contributed by atoms with van der Waals surface area (Å²) in [5.74, 6) is -0.120. The quantitative estimate of drug-likeness (QED) is 0.540. The zero-order valence-electron chi connectivity index (χ0n) is 12.2. The first-order chi connectivity index (χ1) is 8.98. The zero-order valence-corrected chi connectivity index (χ0v) is 13.9. The molecule has 0 heterocycles. The minimum absolute atomic E-state index is 0.0568. The van der Waals surface area contributed by atoms with E-state index >= 15 is 0 Å². The van der Waals surface area contributed by atoms with Gasteiger partial charge in [-0.15, -0.1) is 0 Å². The van der Waals surface area contributed by atoms with Gasteiger partial charge >= 0.3 is 0 Å². The van der Waals surface area contributed by atoms with Crippen LogP contribution in [-0.2, 0) is 28.6 Å². The van der Waals surface area contributed by atoms with Gasteiger partial charge in [-0.1, -0.05) is 11.1 Å². The summed E-state index contributed by atoms with van der Waals surface area (Å²) in [5, 5.41) is 0. The summed E-state index contributed by atoms with van der Waals surface area (Å²) in [5.41, 5.74) is 2.39. The van der Waals surface area contributed by atoms with Gasteiger partial charge in [0.1, 0.15) is 0 Å². The van der Waals surface area contributed by atoms with Gasteiger partial charge in [0.25, 0.3) is 20.2 Å². The lowest BCUT2D eigenvalue weighted by molar-refractivity contribution is 0.140. The van der Waals surface area contributed by atoms with Crippen molar-refractivity contribution in [3.8, 4) is 0 Å². The first-order valence-corrected chi connectivity index (χ1v) is 9.95. The smallest absolute Gasteiger partial charge is 0.264 e. The molecule has 0 aromatic heterocycles. The lowest BCUT2D eigenvalue weighted by atomic mass is 9.77. The van der Waals surface area contributed by atoms with Crippen LogP contribution in [0.25, 0.3) is 0 Å². The van der Waals surface area contributed by atoms with Gasteiger partial charge in [-0.05, 0) is 38.5 Å². The van der Waals surface area contributed by atoms with Crippen molar-refractivity contribution in [1.82, 2.24) is 0 Å². The fraction of sp³-hybridized carbons (Fsp3) is 0.833. The van der Waals surface area contributed by atoms with Crippen LogP contribution < -0.4 is 0 Å². The van der Waals surface area contributed by atoms with E-state index in [0.717, 1.165) is 12.5 Å². The fourth-order valence-corrected chi connectivity index (χ4v) is 3.12. The predicted octanol–water partition coefficient (Wildman–Crippen LogP) is 1.30. The van der Waals surface area contributed by atoms with Crippen LogP contribution >= 0.6 is 0 Å². The van der Waals surface area contributed by atoms with Crippen molar-refractivity contribution in [3.05, 3.63) is 11.1 Å². The molecule has 0 saturated carbocycles. The minimum atomic E-state index is -3.50. The van der Waals surface area contributed by atoms with E-state index in [0.29, 0.717) is 12.8 Å². The standard InChI is InChI=1S/C12H22O6S2/c1-9-5-11(7-17-19(3,13)14)12(6-10(9)2)8-18-20(4,15)16/h11-12H,5-8H2,1-4H3/t11-,12+. The summed E-state index contributed by atoms with van der Waals surface area (Å²) in [6.45, 7) is 4.11. The van der Waals surface area contributed by atoms with Crippen molar-refractivity contribution in [2.75, 3.05) is 25.7 Å². The van der Waals surface area contributed by atoms with Gasteiger partial charge in [-0.25, -0.2) is 0 Å². The molecule has 0 aromatic carbocycles. The first-order valence-electron chi connectivity index (χ1n) is 6.32. The summed E-state index contributed by atoms with van der Waals surface area (Å²) < 4.78 is 54.0. The Hall–Kier alpha value is -0.440. The molecule has 118 valence electrons. The van der Waals surface area contributed by atoms with Crippen LogP contribution in [0.1, 0.15) is 26.7 Å². The Morgan fingerprint density at radius 3 is 1.40 bits per heavy atom. The molecule has 1 aliphatic rings. The molecule has 1 aliphatic carbocycles. The second-order valence-electron chi connectivity index (χ2n) is 5.47. The molecule has 0 N–H and O–H groups in total. The second-order valence-corrected chi connectivity index (χ2v) is 8.75. The molecule has 0 saturated heterocycles. The molecule has 0 bridgehead atoms. The van der Waals surface area contributed by atoms with Crippen LogP contribution in [0, 0.1) is 11.8 Å². The van der Waals surface area contributed by atoms with E-state index in [1.54, 1.807) is 0 Å². The predicted molar refractivity (Wildman–Crippen MR) is 76.2 cm³/mol. The van der Waals surface area contributed by atoms with E-state index < -0.39 is 20.2 Å². The minimum Gasteiger partial charge on any atom is -0.270 e. The number of hydrogen-bond acceptors (Lipinski definition) is 6. The van der Waals surface area contributed by atoms with Crippen molar-refractivity contribution in [3.63, 3.8) is 0 Å². The highest BCUT2D eigenvalue weighted by molar-refractivity contribution is 7.86. The molecular formula is C12H22O6S2. The molecule has 6 nitrogen and oxygen atoms in total. The maximum Gasteiger partial charge on any atom is 0.264 e. The average molecular weight is 326 g/mol. The van der Waals surface area contributed by atoms with Crippen LogP contribution in [0.3, 0.4) is 0 Å². The molecule has 0 amide bonds. The number of rotatable bonds is 6. The molecule has 8 heteroatoms. The van der Waals surface area contributed by atoms with E-state index in [1.807, 2.05) is 13.8 Å². The summed E-state index contributed by atoms with van der Waals surface area (Å²) in [6, 6.07) is 0. The van der Waals surface area contributed by atoms with Gasteiger partial charge in [-0.2, -0.15) is 16.8 Å². The summed E-state index contributed by atoms with van der Waals surface area (Å²) in [6.07, 6.45) is 3.40. The highest BCUT2D eigenvalue weighted by atomic mass is 32.2. The van der Waals surface area contributed by atoms with Crippen LogP contribution in [0.5, 0.6) is 0 Å². The molecule has 0 unspecified atom stereocenters. The van der Waals surface area contributed by atoms with Gasteiger partial charge in [0.05, 0.1) is 25.7 Å². The van der Waals surface area contributed by atoms with Gasteiger partial charge in [0.15, 0.2) is 0 Å². The van der Waals surface area contributed by atoms with Gasteiger partial charge in [0.2, 0.25) is 0 Å². The summed E-state index contributed by atoms with van der Waals surface area (Å²) in [7, 11) is -6.99. The van der Waals surface area contributed by atoms with E-state index in [1.165, 1.54) is 11.1 Å². The number of allylic oxidation sites excluding steroid dienone is 2. The zero-order chi connectivity index (χ0) is 15.6. The first kappa shape index (κ1) is 17.6. The monoisotopic (exact) mass is 326 g/mol. The molecule has 0 aliphatic heterocycles. The third kappa shape index (κ3) is 6.34. The third-order valence-corrected chi connectivity index (χ3v) is 4.65. The van der Waals surface area contributed by atoms with Gasteiger partial charge < -0.3 is 0 Å². The largest absolute Gasteiger partial charge is 0.270 e. The second kappa shape index (κ2) is 6.55. The Bertz CT molecular complexity index is 521. The maximum absolute atomic E-state index is 11.1. The average Bonchev–Trinajstić information content (AvgIpc) is 2.26. The van der Waals surface area contributed by atoms with Crippen molar-refractivity contribution in [2.24, 2.45) is 11.8 Å². The Morgan fingerprint density at radius 1 is 0.850 bits per heavy atom. The van der Waals surface area contributed by atoms with E-state index in [4.69, 9.17) is 8.37 Å². The SMILES string of the molecule is CC1=C(C)C[C@H](COS(C)(=O)=O)[C@H](COS(C)(=O)=O)C1. The fourth-order valence-electron chi connectivity index (χ4n) is 2.28. The summed E-state index contributed by atoms with van der Waals surface area (Å²) >= 11 is 0. The maximum atomic E-state index is 11.1.